The largest absolute Gasteiger partial charge is 0.458 e. The number of hydrogen-bond acceptors (Lipinski definition) is 8. The molecule has 0 aromatic carbocycles. The number of allylic oxidation sites excluding steroid dienone is 4. The Morgan fingerprint density at radius 3 is 2.28 bits per heavy atom. The molecule has 2 fully saturated rings. The first-order chi connectivity index (χ1) is 18.0. The molecule has 4 aliphatic carbocycles. The highest BCUT2D eigenvalue weighted by Gasteiger charge is 2.70. The van der Waals surface area contributed by atoms with Gasteiger partial charge in [0.05, 0.1) is 0 Å². The van der Waals surface area contributed by atoms with E-state index >= 15 is 0 Å². The van der Waals surface area contributed by atoms with Crippen LogP contribution in [0.5, 0.6) is 0 Å². The summed E-state index contributed by atoms with van der Waals surface area (Å²) in [4.78, 5) is 49.4. The van der Waals surface area contributed by atoms with E-state index < -0.39 is 37.9 Å². The van der Waals surface area contributed by atoms with E-state index in [0.717, 1.165) is 19.3 Å². The van der Waals surface area contributed by atoms with Gasteiger partial charge in [-0.15, -0.1) is 0 Å². The van der Waals surface area contributed by atoms with E-state index in [1.807, 2.05) is 6.08 Å². The highest BCUT2D eigenvalue weighted by molar-refractivity contribution is 6.69. The maximum absolute atomic E-state index is 13.8. The molecular formula is C30H44O8Si. The number of Topliss-reactive ketones (excluding diaryl/α,β-unsaturated/α-hetero) is 1. The predicted molar refractivity (Wildman–Crippen MR) is 147 cm³/mol. The minimum absolute atomic E-state index is 0.123. The SMILES string of the molecule is CC(=O)OCC(=O)[C@@]1(OC(C)=O)CC[C@H]2[C@@H]3CC=C4C=C(OC(C)=O)CC[C@]4(C)[C@H]3[C@@H](O[Si](C)(C)C)C[C@@]21C. The van der Waals surface area contributed by atoms with Gasteiger partial charge >= 0.3 is 17.9 Å². The second-order valence-corrected chi connectivity index (χ2v) is 17.8. The summed E-state index contributed by atoms with van der Waals surface area (Å²) in [6, 6.07) is 0. The fraction of sp³-hybridized carbons (Fsp3) is 0.733. The fourth-order valence-corrected chi connectivity index (χ4v) is 9.57. The molecule has 216 valence electrons. The number of ether oxygens (including phenoxy) is 3. The Morgan fingerprint density at radius 1 is 1.00 bits per heavy atom. The maximum Gasteiger partial charge on any atom is 0.307 e. The van der Waals surface area contributed by atoms with Gasteiger partial charge < -0.3 is 18.6 Å². The Hall–Kier alpha value is -2.26. The van der Waals surface area contributed by atoms with Crippen LogP contribution < -0.4 is 0 Å². The molecule has 0 aliphatic heterocycles. The van der Waals surface area contributed by atoms with Crippen molar-refractivity contribution in [2.24, 2.45) is 28.6 Å². The van der Waals surface area contributed by atoms with Gasteiger partial charge in [0, 0.05) is 38.7 Å². The Balaban J connectivity index is 1.80. The van der Waals surface area contributed by atoms with Gasteiger partial charge in [0.25, 0.3) is 0 Å². The summed E-state index contributed by atoms with van der Waals surface area (Å²) >= 11 is 0. The zero-order valence-electron chi connectivity index (χ0n) is 24.7. The molecule has 2 saturated carbocycles. The lowest BCUT2D eigenvalue weighted by Gasteiger charge is -2.61. The molecule has 0 N–H and O–H groups in total. The average molecular weight is 561 g/mol. The average Bonchev–Trinajstić information content (AvgIpc) is 3.08. The molecule has 0 aromatic rings. The summed E-state index contributed by atoms with van der Waals surface area (Å²) in [6.45, 7) is 14.5. The van der Waals surface area contributed by atoms with Gasteiger partial charge in [-0.1, -0.05) is 19.9 Å². The van der Waals surface area contributed by atoms with E-state index in [1.54, 1.807) is 0 Å². The molecule has 9 heteroatoms. The summed E-state index contributed by atoms with van der Waals surface area (Å²) in [6.07, 6.45) is 8.21. The predicted octanol–water partition coefficient (Wildman–Crippen LogP) is 5.27. The van der Waals surface area contributed by atoms with Crippen LogP contribution in [0.1, 0.15) is 73.1 Å². The van der Waals surface area contributed by atoms with E-state index in [4.69, 9.17) is 18.6 Å². The van der Waals surface area contributed by atoms with Crippen molar-refractivity contribution in [3.8, 4) is 0 Å². The van der Waals surface area contributed by atoms with Crippen molar-refractivity contribution >= 4 is 32.0 Å². The number of ketones is 1. The molecule has 39 heavy (non-hydrogen) atoms. The minimum Gasteiger partial charge on any atom is -0.458 e. The standard InChI is InChI=1S/C30H44O8Si/c1-18(31)35-17-26(34)30(37-20(3)33)14-12-24-23-10-9-21-15-22(36-19(2)32)11-13-28(21,4)27(23)25(16-29(24,30)5)38-39(6,7)8/h9,15,23-25,27H,10-14,16-17H2,1-8H3/t23-,24-,25-,27+,28-,29-,30-/m0/s1. The topological polar surface area (TPSA) is 105 Å². The van der Waals surface area contributed by atoms with E-state index in [1.165, 1.54) is 26.3 Å². The molecule has 4 rings (SSSR count). The third-order valence-corrected chi connectivity index (χ3v) is 10.7. The van der Waals surface area contributed by atoms with Crippen molar-refractivity contribution in [2.75, 3.05) is 6.61 Å². The number of carbonyl (C=O) groups is 4. The van der Waals surface area contributed by atoms with Crippen LogP contribution in [0.3, 0.4) is 0 Å². The molecule has 8 nitrogen and oxygen atoms in total. The van der Waals surface area contributed by atoms with E-state index in [-0.39, 0.29) is 41.0 Å². The Bertz CT molecular complexity index is 1120. The molecule has 0 spiro atoms. The van der Waals surface area contributed by atoms with E-state index in [9.17, 15) is 19.2 Å². The fourth-order valence-electron chi connectivity index (χ4n) is 8.43. The van der Waals surface area contributed by atoms with Crippen molar-refractivity contribution in [2.45, 2.75) is 104 Å². The lowest BCUT2D eigenvalue weighted by Crippen LogP contribution is -2.64. The lowest BCUT2D eigenvalue weighted by molar-refractivity contribution is -0.198. The van der Waals surface area contributed by atoms with Gasteiger partial charge in [-0.05, 0) is 86.6 Å². The Morgan fingerprint density at radius 2 is 1.69 bits per heavy atom. The van der Waals surface area contributed by atoms with Gasteiger partial charge in [-0.3, -0.25) is 19.2 Å². The number of esters is 3. The van der Waals surface area contributed by atoms with Gasteiger partial charge in [0.2, 0.25) is 5.78 Å². The summed E-state index contributed by atoms with van der Waals surface area (Å²) in [5, 5.41) is 0. The third-order valence-electron chi connectivity index (χ3n) is 9.72. The number of rotatable bonds is 7. The molecule has 4 aliphatic rings. The van der Waals surface area contributed by atoms with Crippen molar-refractivity contribution in [3.63, 3.8) is 0 Å². The summed E-state index contributed by atoms with van der Waals surface area (Å²) < 4.78 is 23.6. The first-order valence-corrected chi connectivity index (χ1v) is 17.6. The van der Waals surface area contributed by atoms with Crippen LogP contribution in [-0.2, 0) is 37.8 Å². The smallest absolute Gasteiger partial charge is 0.307 e. The molecule has 0 aromatic heterocycles. The molecule has 0 radical (unpaired) electrons. The number of fused-ring (bicyclic) bond motifs is 5. The summed E-state index contributed by atoms with van der Waals surface area (Å²) in [5.74, 6) is -0.453. The number of hydrogen-bond donors (Lipinski definition) is 0. The monoisotopic (exact) mass is 560 g/mol. The van der Waals surface area contributed by atoms with Crippen LogP contribution in [-0.4, -0.2) is 50.3 Å². The Labute approximate surface area is 233 Å². The molecule has 7 atom stereocenters. The number of carbonyl (C=O) groups excluding carboxylic acids is 4. The van der Waals surface area contributed by atoms with Crippen molar-refractivity contribution in [1.82, 2.24) is 0 Å². The second kappa shape index (κ2) is 10.3. The van der Waals surface area contributed by atoms with Gasteiger partial charge in [0.15, 0.2) is 20.5 Å². The minimum atomic E-state index is -2.02. The molecule has 0 unspecified atom stereocenters. The lowest BCUT2D eigenvalue weighted by atomic mass is 9.46. The molecule has 0 bridgehead atoms. The van der Waals surface area contributed by atoms with E-state index in [0.29, 0.717) is 25.0 Å². The van der Waals surface area contributed by atoms with Gasteiger partial charge in [-0.25, -0.2) is 0 Å². The van der Waals surface area contributed by atoms with Crippen LogP contribution in [0.25, 0.3) is 0 Å². The van der Waals surface area contributed by atoms with Crippen LogP contribution in [0.2, 0.25) is 19.6 Å². The highest BCUT2D eigenvalue weighted by atomic mass is 28.4. The normalized spacial score (nSPS) is 37.3. The summed E-state index contributed by atoms with van der Waals surface area (Å²) in [5.41, 5.74) is -1.03. The van der Waals surface area contributed by atoms with Crippen molar-refractivity contribution < 1.29 is 37.8 Å². The van der Waals surface area contributed by atoms with Crippen molar-refractivity contribution in [3.05, 3.63) is 23.5 Å². The first kappa shape index (κ1) is 29.7. The van der Waals surface area contributed by atoms with Crippen LogP contribution >= 0.6 is 0 Å². The summed E-state index contributed by atoms with van der Waals surface area (Å²) in [7, 11) is -2.02. The zero-order chi connectivity index (χ0) is 29.0. The van der Waals surface area contributed by atoms with E-state index in [2.05, 4.69) is 39.6 Å². The molecule has 0 saturated heterocycles. The highest BCUT2D eigenvalue weighted by Crippen LogP contribution is 2.68. The maximum atomic E-state index is 13.8. The van der Waals surface area contributed by atoms with Crippen LogP contribution in [0.4, 0.5) is 0 Å². The van der Waals surface area contributed by atoms with Gasteiger partial charge in [-0.2, -0.15) is 0 Å². The quantitative estimate of drug-likeness (QED) is 0.236. The first-order valence-electron chi connectivity index (χ1n) is 14.2. The molecule has 0 amide bonds. The molecule has 0 heterocycles. The Kier molecular flexibility index (Phi) is 7.84. The second-order valence-electron chi connectivity index (χ2n) is 13.4. The van der Waals surface area contributed by atoms with Crippen molar-refractivity contribution in [1.29, 1.82) is 0 Å². The molecular weight excluding hydrogens is 516 g/mol. The zero-order valence-corrected chi connectivity index (χ0v) is 25.7. The van der Waals surface area contributed by atoms with Gasteiger partial charge in [0.1, 0.15) is 5.76 Å². The van der Waals surface area contributed by atoms with Crippen LogP contribution in [0.15, 0.2) is 23.5 Å². The third kappa shape index (κ3) is 5.28. The van der Waals surface area contributed by atoms with Crippen LogP contribution in [0, 0.1) is 28.6 Å².